The Morgan fingerprint density at radius 1 is 1.19 bits per heavy atom. The third-order valence-electron chi connectivity index (χ3n) is 4.05. The van der Waals surface area contributed by atoms with Gasteiger partial charge in [0.15, 0.2) is 0 Å². The van der Waals surface area contributed by atoms with Gasteiger partial charge < -0.3 is 4.98 Å². The second-order valence-corrected chi connectivity index (χ2v) is 4.86. The normalized spacial score (nSPS) is 19.3. The molecule has 1 fully saturated rings. The molecule has 0 atom stereocenters. The van der Waals surface area contributed by atoms with Crippen LogP contribution < -0.4 is 4.48 Å². The van der Waals surface area contributed by atoms with Gasteiger partial charge in [-0.25, -0.2) is 0 Å². The van der Waals surface area contributed by atoms with Crippen LogP contribution in [0.25, 0.3) is 10.9 Å². The van der Waals surface area contributed by atoms with Gasteiger partial charge in [0.2, 0.25) is 5.82 Å². The first-order valence-corrected chi connectivity index (χ1v) is 6.28. The number of nitrogens with zero attached hydrogens (tertiary/aromatic N) is 1. The van der Waals surface area contributed by atoms with Crippen LogP contribution >= 0.6 is 0 Å². The Labute approximate surface area is 96.5 Å². The predicted octanol–water partition coefficient (Wildman–Crippen LogP) is 3.29. The number of para-hydroxylation sites is 1. The van der Waals surface area contributed by atoms with Gasteiger partial charge in [-0.05, 0) is 13.0 Å². The van der Waals surface area contributed by atoms with Crippen LogP contribution in [-0.4, -0.2) is 24.6 Å². The predicted molar refractivity (Wildman–Crippen MR) is 69.6 cm³/mol. The molecule has 1 aromatic heterocycles. The van der Waals surface area contributed by atoms with E-state index >= 15 is 0 Å². The molecule has 0 saturated carbocycles. The number of aromatic amines is 1. The summed E-state index contributed by atoms with van der Waals surface area (Å²) in [4.78, 5) is 3.60. The molecule has 0 unspecified atom stereocenters. The summed E-state index contributed by atoms with van der Waals surface area (Å²) in [6, 6.07) is 10.9. The maximum atomic E-state index is 3.60. The molecule has 16 heavy (non-hydrogen) atoms. The van der Waals surface area contributed by atoms with E-state index in [1.165, 1.54) is 49.2 Å². The summed E-state index contributed by atoms with van der Waals surface area (Å²) >= 11 is 0. The third kappa shape index (κ3) is 1.37. The molecule has 2 heterocycles. The molecule has 1 aromatic carbocycles. The van der Waals surface area contributed by atoms with E-state index in [4.69, 9.17) is 0 Å². The van der Waals surface area contributed by atoms with Gasteiger partial charge in [-0.1, -0.05) is 18.2 Å². The highest BCUT2D eigenvalue weighted by Gasteiger charge is 2.33. The number of quaternary nitrogens is 1. The van der Waals surface area contributed by atoms with Crippen molar-refractivity contribution in [3.05, 3.63) is 30.3 Å². The second kappa shape index (κ2) is 3.63. The number of hydrogen-bond donors (Lipinski definition) is 1. The number of benzene rings is 1. The van der Waals surface area contributed by atoms with Crippen LogP contribution in [0.5, 0.6) is 0 Å². The zero-order valence-corrected chi connectivity index (χ0v) is 9.87. The Kier molecular flexibility index (Phi) is 2.25. The van der Waals surface area contributed by atoms with Crippen LogP contribution in [0.1, 0.15) is 19.8 Å². The van der Waals surface area contributed by atoms with Crippen molar-refractivity contribution in [2.75, 3.05) is 19.6 Å². The molecular weight excluding hydrogens is 196 g/mol. The van der Waals surface area contributed by atoms with Crippen LogP contribution in [0.4, 0.5) is 5.82 Å². The largest absolute Gasteiger partial charge is 0.311 e. The summed E-state index contributed by atoms with van der Waals surface area (Å²) in [5, 5.41) is 1.34. The van der Waals surface area contributed by atoms with Crippen LogP contribution in [-0.2, 0) is 0 Å². The smallest absolute Gasteiger partial charge is 0.206 e. The van der Waals surface area contributed by atoms with Gasteiger partial charge >= 0.3 is 0 Å². The summed E-state index contributed by atoms with van der Waals surface area (Å²) in [5.74, 6) is 1.40. The van der Waals surface area contributed by atoms with E-state index in [-0.39, 0.29) is 0 Å². The maximum Gasteiger partial charge on any atom is 0.206 e. The minimum atomic E-state index is 1.15. The van der Waals surface area contributed by atoms with Gasteiger partial charge in [0.25, 0.3) is 0 Å². The lowest BCUT2D eigenvalue weighted by atomic mass is 10.2. The van der Waals surface area contributed by atoms with E-state index in [1.807, 2.05) is 0 Å². The van der Waals surface area contributed by atoms with Gasteiger partial charge in [0.05, 0.1) is 25.2 Å². The first-order valence-electron chi connectivity index (χ1n) is 6.28. The molecule has 1 N–H and O–H groups in total. The van der Waals surface area contributed by atoms with Crippen LogP contribution in [0, 0.1) is 0 Å². The molecule has 1 aliphatic rings. The lowest BCUT2D eigenvalue weighted by Crippen LogP contribution is -2.46. The molecule has 0 spiro atoms. The number of rotatable bonds is 2. The van der Waals surface area contributed by atoms with Gasteiger partial charge in [-0.3, -0.25) is 4.48 Å². The van der Waals surface area contributed by atoms with E-state index < -0.39 is 0 Å². The van der Waals surface area contributed by atoms with Gasteiger partial charge in [0, 0.05) is 24.3 Å². The minimum absolute atomic E-state index is 1.15. The van der Waals surface area contributed by atoms with Crippen LogP contribution in [0.2, 0.25) is 0 Å². The van der Waals surface area contributed by atoms with Crippen LogP contribution in [0.3, 0.4) is 0 Å². The molecule has 2 aromatic rings. The van der Waals surface area contributed by atoms with Crippen molar-refractivity contribution in [2.45, 2.75) is 19.8 Å². The number of fused-ring (bicyclic) bond motifs is 1. The number of likely N-dealkylation sites (tertiary alicyclic amines) is 1. The average molecular weight is 215 g/mol. The Balaban J connectivity index is 2.10. The van der Waals surface area contributed by atoms with Crippen molar-refractivity contribution in [1.29, 1.82) is 0 Å². The summed E-state index contributed by atoms with van der Waals surface area (Å²) in [7, 11) is 0. The number of H-pyrrole nitrogens is 1. The van der Waals surface area contributed by atoms with E-state index in [2.05, 4.69) is 42.2 Å². The summed E-state index contributed by atoms with van der Waals surface area (Å²) in [5.41, 5.74) is 1.27. The van der Waals surface area contributed by atoms with E-state index in [1.54, 1.807) is 0 Å². The molecule has 3 rings (SSSR count). The zero-order chi connectivity index (χ0) is 11.0. The minimum Gasteiger partial charge on any atom is -0.311 e. The fourth-order valence-corrected chi connectivity index (χ4v) is 2.98. The van der Waals surface area contributed by atoms with E-state index in [0.29, 0.717) is 0 Å². The molecule has 2 heteroatoms. The maximum absolute atomic E-state index is 3.60. The summed E-state index contributed by atoms with van der Waals surface area (Å²) < 4.78 is 1.15. The highest BCUT2D eigenvalue weighted by molar-refractivity contribution is 5.83. The molecule has 0 radical (unpaired) electrons. The van der Waals surface area contributed by atoms with Gasteiger partial charge in [0.1, 0.15) is 0 Å². The van der Waals surface area contributed by atoms with E-state index in [0.717, 1.165) is 4.48 Å². The second-order valence-electron chi connectivity index (χ2n) is 4.86. The van der Waals surface area contributed by atoms with Crippen molar-refractivity contribution in [3.8, 4) is 0 Å². The molecule has 1 aliphatic heterocycles. The highest BCUT2D eigenvalue weighted by Crippen LogP contribution is 2.31. The quantitative estimate of drug-likeness (QED) is 0.740. The monoisotopic (exact) mass is 215 g/mol. The first-order chi connectivity index (χ1) is 7.84. The Hall–Kier alpha value is -1.28. The fourth-order valence-electron chi connectivity index (χ4n) is 2.98. The third-order valence-corrected chi connectivity index (χ3v) is 4.05. The Morgan fingerprint density at radius 2 is 1.94 bits per heavy atom. The molecule has 1 saturated heterocycles. The Morgan fingerprint density at radius 3 is 2.62 bits per heavy atom. The summed E-state index contributed by atoms with van der Waals surface area (Å²) in [6.07, 6.45) is 2.73. The van der Waals surface area contributed by atoms with Crippen LogP contribution in [0.15, 0.2) is 30.3 Å². The standard InChI is InChI=1S/C14H19N2/c1-2-16(9-5-6-10-16)14-11-12-7-3-4-8-13(12)15-14/h3-4,7-8,11,15H,2,5-6,9-10H2,1H3/q+1. The van der Waals surface area contributed by atoms with Crippen molar-refractivity contribution >= 4 is 16.7 Å². The highest BCUT2D eigenvalue weighted by atomic mass is 15.4. The lowest BCUT2D eigenvalue weighted by Gasteiger charge is -2.30. The number of aromatic nitrogens is 1. The van der Waals surface area contributed by atoms with E-state index in [9.17, 15) is 0 Å². The molecule has 84 valence electrons. The molecule has 0 aliphatic carbocycles. The lowest BCUT2D eigenvalue weighted by molar-refractivity contribution is 0.344. The molecule has 0 amide bonds. The average Bonchev–Trinajstić information content (AvgIpc) is 2.96. The topological polar surface area (TPSA) is 15.8 Å². The van der Waals surface area contributed by atoms with Crippen molar-refractivity contribution in [1.82, 2.24) is 9.47 Å². The SMILES string of the molecule is CC[N+]1(c2cc3ccccc3[nH]2)CCCC1. The van der Waals surface area contributed by atoms with Crippen molar-refractivity contribution in [3.63, 3.8) is 0 Å². The molecule has 0 bridgehead atoms. The van der Waals surface area contributed by atoms with Gasteiger partial charge in [-0.15, -0.1) is 0 Å². The number of nitrogens with one attached hydrogen (secondary N) is 1. The number of hydrogen-bond acceptors (Lipinski definition) is 0. The summed E-state index contributed by atoms with van der Waals surface area (Å²) in [6.45, 7) is 6.09. The van der Waals surface area contributed by atoms with Crippen molar-refractivity contribution < 1.29 is 0 Å². The fraction of sp³-hybridized carbons (Fsp3) is 0.429. The zero-order valence-electron chi connectivity index (χ0n) is 9.87. The Bertz CT molecular complexity index is 459. The van der Waals surface area contributed by atoms with Gasteiger partial charge in [-0.2, -0.15) is 0 Å². The first kappa shape index (κ1) is 9.91. The molecule has 2 nitrogen and oxygen atoms in total. The van der Waals surface area contributed by atoms with Crippen molar-refractivity contribution in [2.24, 2.45) is 0 Å². The molecular formula is C14H19N2+.